The summed E-state index contributed by atoms with van der Waals surface area (Å²) in [6, 6.07) is 7.60. The van der Waals surface area contributed by atoms with Crippen LogP contribution in [0.2, 0.25) is 0 Å². The molecule has 3 heteroatoms. The number of hydrogen-bond donors (Lipinski definition) is 2. The second-order valence-corrected chi connectivity index (χ2v) is 4.71. The molecule has 0 bridgehead atoms. The minimum atomic E-state index is 0.759. The number of benzene rings is 1. The molecule has 96 valence electrons. The first kappa shape index (κ1) is 14.2. The van der Waals surface area contributed by atoms with E-state index >= 15 is 0 Å². The van der Waals surface area contributed by atoms with Gasteiger partial charge in [-0.15, -0.1) is 0 Å². The van der Waals surface area contributed by atoms with Gasteiger partial charge in [0.05, 0.1) is 6.61 Å². The Bertz CT molecular complexity index is 304. The van der Waals surface area contributed by atoms with Crippen LogP contribution in [0.25, 0.3) is 0 Å². The molecule has 0 amide bonds. The van der Waals surface area contributed by atoms with E-state index in [0.717, 1.165) is 30.2 Å². The Hall–Kier alpha value is -0.830. The number of hydrogen-bond acceptors (Lipinski definition) is 3. The topological polar surface area (TPSA) is 35.2 Å². The molecule has 0 atom stereocenters. The first-order valence-corrected chi connectivity index (χ1v) is 7.05. The number of ether oxygens (including phenoxy) is 1. The molecule has 1 aromatic carbocycles. The van der Waals surface area contributed by atoms with E-state index in [1.807, 2.05) is 24.3 Å². The summed E-state index contributed by atoms with van der Waals surface area (Å²) in [7, 11) is 0. The molecule has 0 saturated heterocycles. The summed E-state index contributed by atoms with van der Waals surface area (Å²) in [5, 5.41) is 0. The van der Waals surface area contributed by atoms with E-state index < -0.39 is 0 Å². The van der Waals surface area contributed by atoms with Gasteiger partial charge in [0.2, 0.25) is 0 Å². The number of nitrogen functional groups attached to an aromatic ring is 1. The van der Waals surface area contributed by atoms with Crippen LogP contribution >= 0.6 is 12.6 Å². The Balaban J connectivity index is 1.97. The van der Waals surface area contributed by atoms with Gasteiger partial charge in [-0.25, -0.2) is 0 Å². The van der Waals surface area contributed by atoms with E-state index in [4.69, 9.17) is 10.5 Å². The maximum absolute atomic E-state index is 5.67. The zero-order valence-electron chi connectivity index (χ0n) is 10.4. The van der Waals surface area contributed by atoms with Crippen molar-refractivity contribution < 1.29 is 4.74 Å². The quantitative estimate of drug-likeness (QED) is 0.397. The van der Waals surface area contributed by atoms with E-state index in [2.05, 4.69) is 12.6 Å². The van der Waals surface area contributed by atoms with Gasteiger partial charge in [-0.2, -0.15) is 12.6 Å². The third kappa shape index (κ3) is 7.16. The molecule has 2 N–H and O–H groups in total. The number of nitrogens with two attached hydrogens (primary N) is 1. The Morgan fingerprint density at radius 1 is 1.00 bits per heavy atom. The van der Waals surface area contributed by atoms with Crippen LogP contribution in [0.15, 0.2) is 24.3 Å². The number of thiol groups is 1. The fourth-order valence-corrected chi connectivity index (χ4v) is 1.94. The third-order valence-electron chi connectivity index (χ3n) is 2.68. The van der Waals surface area contributed by atoms with Crippen LogP contribution in [-0.2, 0) is 0 Å². The van der Waals surface area contributed by atoms with Crippen molar-refractivity contribution in [1.82, 2.24) is 0 Å². The molecule has 0 heterocycles. The summed E-state index contributed by atoms with van der Waals surface area (Å²) in [5.74, 6) is 1.89. The van der Waals surface area contributed by atoms with Crippen molar-refractivity contribution in [3.05, 3.63) is 24.3 Å². The minimum absolute atomic E-state index is 0.759. The summed E-state index contributed by atoms with van der Waals surface area (Å²) in [6.45, 7) is 0.788. The molecule has 0 aliphatic carbocycles. The molecule has 17 heavy (non-hydrogen) atoms. The Morgan fingerprint density at radius 3 is 2.41 bits per heavy atom. The first-order chi connectivity index (χ1) is 8.33. The molecule has 0 spiro atoms. The van der Waals surface area contributed by atoms with Crippen molar-refractivity contribution in [2.24, 2.45) is 0 Å². The van der Waals surface area contributed by atoms with Crippen molar-refractivity contribution in [2.75, 3.05) is 18.1 Å². The number of anilines is 1. The van der Waals surface area contributed by atoms with Gasteiger partial charge in [-0.3, -0.25) is 0 Å². The maximum Gasteiger partial charge on any atom is 0.121 e. The van der Waals surface area contributed by atoms with Gasteiger partial charge in [0.25, 0.3) is 0 Å². The van der Waals surface area contributed by atoms with E-state index in [-0.39, 0.29) is 0 Å². The van der Waals surface area contributed by atoms with Crippen LogP contribution in [0.1, 0.15) is 38.5 Å². The van der Waals surface area contributed by atoms with E-state index in [1.54, 1.807) is 0 Å². The van der Waals surface area contributed by atoms with E-state index in [9.17, 15) is 0 Å². The molecule has 2 nitrogen and oxygen atoms in total. The normalized spacial score (nSPS) is 10.4. The largest absolute Gasteiger partial charge is 0.494 e. The van der Waals surface area contributed by atoms with Crippen LogP contribution in [-0.4, -0.2) is 12.4 Å². The average Bonchev–Trinajstić information content (AvgIpc) is 2.33. The smallest absolute Gasteiger partial charge is 0.121 e. The highest BCUT2D eigenvalue weighted by Gasteiger charge is 1.95. The lowest BCUT2D eigenvalue weighted by molar-refractivity contribution is 0.304. The van der Waals surface area contributed by atoms with Crippen molar-refractivity contribution in [3.63, 3.8) is 0 Å². The van der Waals surface area contributed by atoms with Gasteiger partial charge in [0, 0.05) is 11.8 Å². The summed E-state index contributed by atoms with van der Waals surface area (Å²) >= 11 is 4.20. The highest BCUT2D eigenvalue weighted by Crippen LogP contribution is 2.15. The Labute approximate surface area is 110 Å². The van der Waals surface area contributed by atoms with Crippen molar-refractivity contribution >= 4 is 18.3 Å². The van der Waals surface area contributed by atoms with Crippen LogP contribution in [0.4, 0.5) is 5.69 Å². The van der Waals surface area contributed by atoms with Gasteiger partial charge >= 0.3 is 0 Å². The van der Waals surface area contributed by atoms with Crippen molar-refractivity contribution in [1.29, 1.82) is 0 Å². The molecular weight excluding hydrogens is 230 g/mol. The van der Waals surface area contributed by atoms with Crippen molar-refractivity contribution in [3.8, 4) is 5.75 Å². The molecule has 0 aliphatic heterocycles. The van der Waals surface area contributed by atoms with Crippen LogP contribution in [0.5, 0.6) is 5.75 Å². The van der Waals surface area contributed by atoms with Gasteiger partial charge in [-0.05, 0) is 30.7 Å². The highest BCUT2D eigenvalue weighted by atomic mass is 32.1. The zero-order valence-corrected chi connectivity index (χ0v) is 11.3. The first-order valence-electron chi connectivity index (χ1n) is 6.42. The van der Waals surface area contributed by atoms with Gasteiger partial charge in [0.1, 0.15) is 5.75 Å². The molecule has 0 aliphatic rings. The lowest BCUT2D eigenvalue weighted by Gasteiger charge is -2.06. The fraction of sp³-hybridized carbons (Fsp3) is 0.571. The molecular formula is C14H23NOS. The maximum atomic E-state index is 5.67. The standard InChI is InChI=1S/C14H23NOS/c15-13-8-7-9-14(12-13)16-10-5-3-1-2-4-6-11-17/h7-9,12,17H,1-6,10-11,15H2. The lowest BCUT2D eigenvalue weighted by Crippen LogP contribution is -1.97. The average molecular weight is 253 g/mol. The summed E-state index contributed by atoms with van der Waals surface area (Å²) < 4.78 is 5.62. The van der Waals surface area contributed by atoms with E-state index in [1.165, 1.54) is 32.1 Å². The Morgan fingerprint density at radius 2 is 1.71 bits per heavy atom. The predicted molar refractivity (Wildman–Crippen MR) is 77.9 cm³/mol. The number of unbranched alkanes of at least 4 members (excludes halogenated alkanes) is 5. The minimum Gasteiger partial charge on any atom is -0.494 e. The molecule has 0 saturated carbocycles. The lowest BCUT2D eigenvalue weighted by atomic mass is 10.1. The molecule has 1 aromatic rings. The van der Waals surface area contributed by atoms with E-state index in [0.29, 0.717) is 0 Å². The zero-order chi connectivity index (χ0) is 12.3. The summed E-state index contributed by atoms with van der Waals surface area (Å²) in [4.78, 5) is 0. The summed E-state index contributed by atoms with van der Waals surface area (Å²) in [5.41, 5.74) is 6.43. The second-order valence-electron chi connectivity index (χ2n) is 4.27. The molecule has 0 unspecified atom stereocenters. The second kappa shape index (κ2) is 9.23. The van der Waals surface area contributed by atoms with Gasteiger partial charge in [-0.1, -0.05) is 31.7 Å². The van der Waals surface area contributed by atoms with Gasteiger partial charge < -0.3 is 10.5 Å². The van der Waals surface area contributed by atoms with Crippen molar-refractivity contribution in [2.45, 2.75) is 38.5 Å². The predicted octanol–water partition coefficient (Wildman–Crippen LogP) is 3.92. The number of rotatable bonds is 9. The monoisotopic (exact) mass is 253 g/mol. The SMILES string of the molecule is Nc1cccc(OCCCCCCCCS)c1. The molecule has 0 radical (unpaired) electrons. The highest BCUT2D eigenvalue weighted by molar-refractivity contribution is 7.80. The fourth-order valence-electron chi connectivity index (χ4n) is 1.72. The van der Waals surface area contributed by atoms with Crippen LogP contribution in [0, 0.1) is 0 Å². The molecule has 1 rings (SSSR count). The molecule has 0 aromatic heterocycles. The van der Waals surface area contributed by atoms with Gasteiger partial charge in [0.15, 0.2) is 0 Å². The third-order valence-corrected chi connectivity index (χ3v) is 3.00. The molecule has 0 fully saturated rings. The van der Waals surface area contributed by atoms with Crippen LogP contribution < -0.4 is 10.5 Å². The van der Waals surface area contributed by atoms with Crippen LogP contribution in [0.3, 0.4) is 0 Å². The Kier molecular flexibility index (Phi) is 7.72. The summed E-state index contributed by atoms with van der Waals surface area (Å²) in [6.07, 6.45) is 7.53.